The van der Waals surface area contributed by atoms with Crippen LogP contribution in [0.25, 0.3) is 11.1 Å². The molecule has 1 aromatic heterocycles. The minimum atomic E-state index is -1.09. The highest BCUT2D eigenvalue weighted by atomic mass is 19.1. The number of amides is 3. The molecular weight excluding hydrogens is 582 g/mol. The molecule has 1 aliphatic rings. The van der Waals surface area contributed by atoms with Crippen molar-refractivity contribution in [1.29, 1.82) is 0 Å². The van der Waals surface area contributed by atoms with Gasteiger partial charge in [-0.25, -0.2) is 8.78 Å². The van der Waals surface area contributed by atoms with Crippen LogP contribution in [0, 0.1) is 23.0 Å². The fourth-order valence-electron chi connectivity index (χ4n) is 5.83. The van der Waals surface area contributed by atoms with E-state index in [0.717, 1.165) is 28.7 Å². The number of aromatic nitrogens is 1. The smallest absolute Gasteiger partial charge is 0.248 e. The largest absolute Gasteiger partial charge is 0.387 e. The number of nitrogens with two attached hydrogens (primary N) is 1. The van der Waals surface area contributed by atoms with Crippen LogP contribution in [0.2, 0.25) is 0 Å². The van der Waals surface area contributed by atoms with Crippen LogP contribution >= 0.6 is 0 Å². The molecule has 3 atom stereocenters. The van der Waals surface area contributed by atoms with E-state index in [1.807, 2.05) is 55.7 Å². The summed E-state index contributed by atoms with van der Waals surface area (Å²) in [5.74, 6) is -3.68. The van der Waals surface area contributed by atoms with Gasteiger partial charge in [0.2, 0.25) is 17.7 Å². The zero-order valence-corrected chi connectivity index (χ0v) is 26.0. The number of likely N-dealkylation sites (tertiary alicyclic amines) is 1. The lowest BCUT2D eigenvalue weighted by atomic mass is 9.82. The van der Waals surface area contributed by atoms with Crippen molar-refractivity contribution in [3.8, 4) is 11.1 Å². The fourth-order valence-corrected chi connectivity index (χ4v) is 5.83. The van der Waals surface area contributed by atoms with Crippen molar-refractivity contribution in [2.24, 2.45) is 17.1 Å². The molecule has 2 aromatic carbocycles. The van der Waals surface area contributed by atoms with E-state index >= 15 is 0 Å². The number of hydrogen-bond acceptors (Lipinski definition) is 6. The van der Waals surface area contributed by atoms with Crippen LogP contribution in [0.1, 0.15) is 57.8 Å². The third-order valence-electron chi connectivity index (χ3n) is 8.11. The van der Waals surface area contributed by atoms with Crippen molar-refractivity contribution in [2.45, 2.75) is 59.2 Å². The van der Waals surface area contributed by atoms with Crippen molar-refractivity contribution >= 4 is 23.5 Å². The molecule has 3 unspecified atom stereocenters. The Hall–Kier alpha value is -4.22. The van der Waals surface area contributed by atoms with E-state index in [1.54, 1.807) is 19.2 Å². The van der Waals surface area contributed by atoms with Gasteiger partial charge in [0, 0.05) is 48.4 Å². The first kappa shape index (κ1) is 33.7. The lowest BCUT2D eigenvalue weighted by molar-refractivity contribution is -0.142. The van der Waals surface area contributed by atoms with E-state index < -0.39 is 71.7 Å². The second-order valence-corrected chi connectivity index (χ2v) is 12.7. The second-order valence-electron chi connectivity index (χ2n) is 12.7. The Kier molecular flexibility index (Phi) is 10.3. The molecule has 4 rings (SSSR count). The first-order chi connectivity index (χ1) is 21.2. The fraction of sp³-hybridized carbons (Fsp3) is 0.412. The molecule has 0 bridgehead atoms. The maximum atomic E-state index is 14.9. The van der Waals surface area contributed by atoms with Crippen LogP contribution in [-0.2, 0) is 25.7 Å². The van der Waals surface area contributed by atoms with Gasteiger partial charge in [0.25, 0.3) is 0 Å². The number of ketones is 1. The lowest BCUT2D eigenvalue weighted by Gasteiger charge is -2.41. The minimum Gasteiger partial charge on any atom is -0.387 e. The number of halogens is 2. The number of imide groups is 1. The van der Waals surface area contributed by atoms with Crippen LogP contribution in [0.3, 0.4) is 0 Å². The molecule has 1 fully saturated rings. The highest BCUT2D eigenvalue weighted by Gasteiger charge is 2.39. The van der Waals surface area contributed by atoms with Gasteiger partial charge >= 0.3 is 0 Å². The molecule has 3 N–H and O–H groups in total. The van der Waals surface area contributed by atoms with E-state index in [1.165, 1.54) is 4.90 Å². The highest BCUT2D eigenvalue weighted by Crippen LogP contribution is 2.41. The van der Waals surface area contributed by atoms with Crippen LogP contribution in [0.4, 0.5) is 8.78 Å². The summed E-state index contributed by atoms with van der Waals surface area (Å²) in [6, 6.07) is 12.6. The molecule has 0 radical (unpaired) electrons. The van der Waals surface area contributed by atoms with Crippen molar-refractivity contribution in [3.05, 3.63) is 83.7 Å². The van der Waals surface area contributed by atoms with Gasteiger partial charge in [-0.2, -0.15) is 0 Å². The van der Waals surface area contributed by atoms with Crippen LogP contribution in [0.15, 0.2) is 60.8 Å². The first-order valence-electron chi connectivity index (χ1n) is 14.9. The summed E-state index contributed by atoms with van der Waals surface area (Å²) in [4.78, 5) is 53.2. The van der Waals surface area contributed by atoms with Crippen molar-refractivity contribution < 1.29 is 33.1 Å². The molecule has 11 heteroatoms. The van der Waals surface area contributed by atoms with Gasteiger partial charge in [0.05, 0.1) is 18.6 Å². The molecule has 3 amide bonds. The van der Waals surface area contributed by atoms with Crippen molar-refractivity contribution in [2.75, 3.05) is 19.7 Å². The molecule has 1 saturated heterocycles. The quantitative estimate of drug-likeness (QED) is 0.294. The second kappa shape index (κ2) is 13.8. The number of Topliss-reactive ketones (excluding diaryl/α,β-unsaturated/α-hetero) is 1. The Labute approximate surface area is 261 Å². The average molecular weight is 623 g/mol. The van der Waals surface area contributed by atoms with Gasteiger partial charge in [-0.15, -0.1) is 0 Å². The summed E-state index contributed by atoms with van der Waals surface area (Å²) in [6.07, 6.45) is 1.74. The lowest BCUT2D eigenvalue weighted by Crippen LogP contribution is -2.47. The van der Waals surface area contributed by atoms with Gasteiger partial charge in [0.1, 0.15) is 18.2 Å². The van der Waals surface area contributed by atoms with Gasteiger partial charge in [-0.1, -0.05) is 58.0 Å². The third kappa shape index (κ3) is 7.72. The predicted octanol–water partition coefficient (Wildman–Crippen LogP) is 4.07. The van der Waals surface area contributed by atoms with Crippen molar-refractivity contribution in [1.82, 2.24) is 14.4 Å². The van der Waals surface area contributed by atoms with Crippen LogP contribution in [-0.4, -0.2) is 68.7 Å². The van der Waals surface area contributed by atoms with Gasteiger partial charge in [0.15, 0.2) is 5.78 Å². The van der Waals surface area contributed by atoms with Gasteiger partial charge < -0.3 is 20.3 Å². The Bertz CT molecular complexity index is 1570. The van der Waals surface area contributed by atoms with Gasteiger partial charge in [-0.05, 0) is 41.7 Å². The zero-order chi connectivity index (χ0) is 33.1. The molecule has 0 saturated carbocycles. The number of carbonyl (C=O) groups is 4. The van der Waals surface area contributed by atoms with E-state index in [-0.39, 0.29) is 24.9 Å². The summed E-state index contributed by atoms with van der Waals surface area (Å²) in [7, 11) is 0. The zero-order valence-electron chi connectivity index (χ0n) is 26.0. The summed E-state index contributed by atoms with van der Waals surface area (Å²) >= 11 is 0. The highest BCUT2D eigenvalue weighted by molar-refractivity contribution is 6.06. The van der Waals surface area contributed by atoms with Crippen molar-refractivity contribution in [3.63, 3.8) is 0 Å². The Morgan fingerprint density at radius 1 is 1.09 bits per heavy atom. The average Bonchev–Trinajstić information content (AvgIpc) is 3.50. The molecule has 0 spiro atoms. The maximum absolute atomic E-state index is 14.9. The van der Waals surface area contributed by atoms with E-state index in [0.29, 0.717) is 17.8 Å². The van der Waals surface area contributed by atoms with E-state index in [2.05, 4.69) is 0 Å². The molecule has 1 aliphatic heterocycles. The normalized spacial score (nSPS) is 16.6. The molecule has 0 aliphatic carbocycles. The Morgan fingerprint density at radius 3 is 2.38 bits per heavy atom. The number of nitrogens with zero attached hydrogens (tertiary/aromatic N) is 3. The van der Waals surface area contributed by atoms with E-state index in [9.17, 15) is 33.1 Å². The molecule has 2 heterocycles. The summed E-state index contributed by atoms with van der Waals surface area (Å²) in [5, 5.41) is 10.00. The molecule has 45 heavy (non-hydrogen) atoms. The minimum absolute atomic E-state index is 0.00625. The maximum Gasteiger partial charge on any atom is 0.248 e. The third-order valence-corrected chi connectivity index (χ3v) is 8.11. The number of rotatable bonds is 12. The summed E-state index contributed by atoms with van der Waals surface area (Å²) < 4.78 is 31.0. The van der Waals surface area contributed by atoms with E-state index in [4.69, 9.17) is 5.73 Å². The number of carbonyl (C=O) groups excluding carboxylic acids is 4. The number of hydrogen-bond donors (Lipinski definition) is 2. The summed E-state index contributed by atoms with van der Waals surface area (Å²) in [5.41, 5.74) is 7.58. The first-order valence-corrected chi connectivity index (χ1v) is 14.9. The standard InChI is InChI=1S/C34H40F2N4O5/c1-21-14-30(43)40(33(21)45)19-29(42)27(37)12-13-39(31(44)20-41)32(34(2,3)4)28-15-23(25-16-24(35)10-11-26(25)36)18-38(28)17-22-8-6-5-7-9-22/h5-11,15-16,18,21,27,32,41H,12-14,17,19-20,37H2,1-4H3. The number of aliphatic hydroxyl groups excluding tert-OH is 1. The summed E-state index contributed by atoms with van der Waals surface area (Å²) in [6.45, 7) is 6.42. The van der Waals surface area contributed by atoms with Gasteiger partial charge in [-0.3, -0.25) is 24.1 Å². The Balaban J connectivity index is 1.70. The molecule has 9 nitrogen and oxygen atoms in total. The molecule has 240 valence electrons. The monoisotopic (exact) mass is 622 g/mol. The predicted molar refractivity (Wildman–Crippen MR) is 164 cm³/mol. The van der Waals surface area contributed by atoms with Crippen LogP contribution < -0.4 is 5.73 Å². The molecule has 3 aromatic rings. The SMILES string of the molecule is CC1CC(=O)N(CC(=O)C(N)CCN(C(=O)CO)C(c2cc(-c3cc(F)ccc3F)cn2Cc2ccccc2)C(C)(C)C)C1=O. The van der Waals surface area contributed by atoms with Crippen LogP contribution in [0.5, 0.6) is 0 Å². The number of aliphatic hydroxyl groups is 1. The molecular formula is C34H40F2N4O5. The topological polar surface area (TPSA) is 126 Å². The Morgan fingerprint density at radius 2 is 1.78 bits per heavy atom. The number of benzene rings is 2.